The van der Waals surface area contributed by atoms with Crippen LogP contribution in [0.15, 0.2) is 59.7 Å². The summed E-state index contributed by atoms with van der Waals surface area (Å²) in [7, 11) is 0. The molecular weight excluding hydrogens is 256 g/mol. The highest BCUT2D eigenvalue weighted by molar-refractivity contribution is 6.48. The first kappa shape index (κ1) is 12.4. The molecule has 0 spiro atoms. The first-order valence-electron chi connectivity index (χ1n) is 6.13. The van der Waals surface area contributed by atoms with Crippen LogP contribution in [-0.4, -0.2) is 22.9 Å². The van der Waals surface area contributed by atoms with Gasteiger partial charge >= 0.3 is 0 Å². The molecule has 1 unspecified atom stereocenters. The van der Waals surface area contributed by atoms with E-state index in [2.05, 4.69) is 10.5 Å². The second kappa shape index (κ2) is 5.14. The lowest BCUT2D eigenvalue weighted by Gasteiger charge is -2.22. The van der Waals surface area contributed by atoms with Crippen LogP contribution in [0.4, 0.5) is 5.69 Å². The van der Waals surface area contributed by atoms with Gasteiger partial charge in [-0.05, 0) is 24.3 Å². The minimum atomic E-state index is -1.37. The standard InChI is InChI=1S/C15H12N2O3/c18-14-11-8-4-5-9-12(11)20-15(19)13(14)17-16-10-6-2-1-3-7-10/h1-9,15-16,19H/b17-13+. The number of fused-ring (bicyclic) bond motifs is 1. The van der Waals surface area contributed by atoms with Crippen LogP contribution in [0.3, 0.4) is 0 Å². The highest BCUT2D eigenvalue weighted by atomic mass is 16.6. The molecule has 0 aliphatic carbocycles. The van der Waals surface area contributed by atoms with Crippen molar-refractivity contribution in [3.05, 3.63) is 60.2 Å². The van der Waals surface area contributed by atoms with Crippen molar-refractivity contribution >= 4 is 17.2 Å². The molecule has 5 nitrogen and oxygen atoms in total. The Morgan fingerprint density at radius 1 is 1.05 bits per heavy atom. The molecule has 0 fully saturated rings. The maximum Gasteiger partial charge on any atom is 0.247 e. The van der Waals surface area contributed by atoms with Gasteiger partial charge in [-0.15, -0.1) is 0 Å². The second-order valence-corrected chi connectivity index (χ2v) is 4.27. The van der Waals surface area contributed by atoms with Crippen LogP contribution >= 0.6 is 0 Å². The number of ether oxygens (including phenoxy) is 1. The quantitative estimate of drug-likeness (QED) is 0.818. The normalized spacial score (nSPS) is 19.4. The summed E-state index contributed by atoms with van der Waals surface area (Å²) in [6.07, 6.45) is -1.37. The van der Waals surface area contributed by atoms with Crippen LogP contribution in [0.5, 0.6) is 5.75 Å². The Morgan fingerprint density at radius 2 is 1.75 bits per heavy atom. The van der Waals surface area contributed by atoms with Crippen molar-refractivity contribution in [1.29, 1.82) is 0 Å². The number of benzene rings is 2. The zero-order valence-electron chi connectivity index (χ0n) is 10.5. The summed E-state index contributed by atoms with van der Waals surface area (Å²) >= 11 is 0. The molecule has 0 saturated carbocycles. The van der Waals surface area contributed by atoms with Crippen LogP contribution in [0.25, 0.3) is 0 Å². The van der Waals surface area contributed by atoms with E-state index in [0.29, 0.717) is 11.3 Å². The lowest BCUT2D eigenvalue weighted by molar-refractivity contribution is 0.0347. The third-order valence-electron chi connectivity index (χ3n) is 2.92. The van der Waals surface area contributed by atoms with Crippen LogP contribution < -0.4 is 10.2 Å². The van der Waals surface area contributed by atoms with Crippen molar-refractivity contribution in [2.24, 2.45) is 5.10 Å². The fraction of sp³-hybridized carbons (Fsp3) is 0.0667. The fourth-order valence-corrected chi connectivity index (χ4v) is 1.93. The molecule has 1 heterocycles. The minimum Gasteiger partial charge on any atom is -0.458 e. The van der Waals surface area contributed by atoms with E-state index in [1.807, 2.05) is 18.2 Å². The summed E-state index contributed by atoms with van der Waals surface area (Å²) in [5.74, 6) is 0.0199. The largest absolute Gasteiger partial charge is 0.458 e. The van der Waals surface area contributed by atoms with Gasteiger partial charge in [0.15, 0.2) is 5.71 Å². The van der Waals surface area contributed by atoms with E-state index in [1.165, 1.54) is 0 Å². The van der Waals surface area contributed by atoms with E-state index in [9.17, 15) is 9.90 Å². The molecule has 3 rings (SSSR count). The predicted octanol–water partition coefficient (Wildman–Crippen LogP) is 2.05. The minimum absolute atomic E-state index is 0.0625. The number of ketones is 1. The van der Waals surface area contributed by atoms with Gasteiger partial charge in [0.2, 0.25) is 12.1 Å². The van der Waals surface area contributed by atoms with E-state index in [4.69, 9.17) is 4.74 Å². The molecule has 20 heavy (non-hydrogen) atoms. The van der Waals surface area contributed by atoms with Gasteiger partial charge in [0.1, 0.15) is 5.75 Å². The van der Waals surface area contributed by atoms with E-state index in [-0.39, 0.29) is 11.5 Å². The van der Waals surface area contributed by atoms with Crippen LogP contribution in [0.2, 0.25) is 0 Å². The molecule has 100 valence electrons. The molecule has 0 saturated heterocycles. The molecule has 1 atom stereocenters. The van der Waals surface area contributed by atoms with Crippen molar-refractivity contribution in [2.75, 3.05) is 5.43 Å². The molecule has 0 amide bonds. The Labute approximate surface area is 115 Å². The summed E-state index contributed by atoms with van der Waals surface area (Å²) in [4.78, 5) is 12.2. The van der Waals surface area contributed by atoms with Gasteiger partial charge in [-0.25, -0.2) is 0 Å². The topological polar surface area (TPSA) is 70.9 Å². The Hall–Kier alpha value is -2.66. The summed E-state index contributed by atoms with van der Waals surface area (Å²) in [5.41, 5.74) is 3.79. The van der Waals surface area contributed by atoms with Crippen molar-refractivity contribution in [3.63, 3.8) is 0 Å². The molecule has 2 N–H and O–H groups in total. The molecule has 1 aliphatic heterocycles. The number of carbonyl (C=O) groups is 1. The van der Waals surface area contributed by atoms with E-state index >= 15 is 0 Å². The third kappa shape index (κ3) is 2.26. The number of hydrazone groups is 1. The number of nitrogens with one attached hydrogen (secondary N) is 1. The molecular formula is C15H12N2O3. The summed E-state index contributed by atoms with van der Waals surface area (Å²) in [6.45, 7) is 0. The number of anilines is 1. The number of nitrogens with zero attached hydrogens (tertiary/aromatic N) is 1. The van der Waals surface area contributed by atoms with Crippen molar-refractivity contribution in [3.8, 4) is 5.75 Å². The SMILES string of the molecule is O=C1/C(=N\Nc2ccccc2)C(O)Oc2ccccc21. The number of aliphatic hydroxyl groups excluding tert-OH is 1. The van der Waals surface area contributed by atoms with Gasteiger partial charge < -0.3 is 9.84 Å². The summed E-state index contributed by atoms with van der Waals surface area (Å²) in [6, 6.07) is 15.9. The number of hydrogen-bond acceptors (Lipinski definition) is 5. The van der Waals surface area contributed by atoms with Crippen molar-refractivity contribution in [2.45, 2.75) is 6.29 Å². The Bertz CT molecular complexity index is 668. The zero-order valence-corrected chi connectivity index (χ0v) is 10.5. The van der Waals surface area contributed by atoms with Gasteiger partial charge in [0.25, 0.3) is 0 Å². The number of hydrogen-bond donors (Lipinski definition) is 2. The maximum atomic E-state index is 12.2. The third-order valence-corrected chi connectivity index (χ3v) is 2.92. The van der Waals surface area contributed by atoms with E-state index in [1.54, 1.807) is 36.4 Å². The summed E-state index contributed by atoms with van der Waals surface area (Å²) < 4.78 is 5.27. The lowest BCUT2D eigenvalue weighted by atomic mass is 10.0. The van der Waals surface area contributed by atoms with Gasteiger partial charge in [-0.2, -0.15) is 5.10 Å². The average Bonchev–Trinajstić information content (AvgIpc) is 2.48. The van der Waals surface area contributed by atoms with Gasteiger partial charge in [-0.1, -0.05) is 30.3 Å². The number of para-hydroxylation sites is 2. The number of rotatable bonds is 2. The average molecular weight is 268 g/mol. The first-order valence-corrected chi connectivity index (χ1v) is 6.13. The van der Waals surface area contributed by atoms with Gasteiger partial charge in [0.05, 0.1) is 11.3 Å². The number of aliphatic hydroxyl groups is 1. The molecule has 2 aromatic rings. The van der Waals surface area contributed by atoms with E-state index < -0.39 is 6.29 Å². The molecule has 2 aromatic carbocycles. The number of Topliss-reactive ketones (excluding diaryl/α,β-unsaturated/α-hetero) is 1. The molecule has 0 bridgehead atoms. The van der Waals surface area contributed by atoms with Crippen LogP contribution in [-0.2, 0) is 0 Å². The lowest BCUT2D eigenvalue weighted by Crippen LogP contribution is -2.38. The predicted molar refractivity (Wildman–Crippen MR) is 74.9 cm³/mol. The van der Waals surface area contributed by atoms with Crippen LogP contribution in [0.1, 0.15) is 10.4 Å². The molecule has 5 heteroatoms. The smallest absolute Gasteiger partial charge is 0.247 e. The van der Waals surface area contributed by atoms with Crippen molar-refractivity contribution < 1.29 is 14.6 Å². The molecule has 1 aliphatic rings. The van der Waals surface area contributed by atoms with Crippen molar-refractivity contribution in [1.82, 2.24) is 0 Å². The Morgan fingerprint density at radius 3 is 2.55 bits per heavy atom. The van der Waals surface area contributed by atoms with Gasteiger partial charge in [0, 0.05) is 0 Å². The van der Waals surface area contributed by atoms with Gasteiger partial charge in [-0.3, -0.25) is 10.2 Å². The fourth-order valence-electron chi connectivity index (χ4n) is 1.93. The Kier molecular flexibility index (Phi) is 3.18. The maximum absolute atomic E-state index is 12.2. The Balaban J connectivity index is 1.89. The number of carbonyl (C=O) groups excluding carboxylic acids is 1. The molecule has 0 aromatic heterocycles. The monoisotopic (exact) mass is 268 g/mol. The van der Waals surface area contributed by atoms with Crippen LogP contribution in [0, 0.1) is 0 Å². The zero-order chi connectivity index (χ0) is 13.9. The molecule has 0 radical (unpaired) electrons. The van der Waals surface area contributed by atoms with E-state index in [0.717, 1.165) is 5.69 Å². The second-order valence-electron chi connectivity index (χ2n) is 4.27. The highest BCUT2D eigenvalue weighted by Gasteiger charge is 2.32. The first-order chi connectivity index (χ1) is 9.75. The highest BCUT2D eigenvalue weighted by Crippen LogP contribution is 2.25. The summed E-state index contributed by atoms with van der Waals surface area (Å²) in [5, 5.41) is 13.8.